The average molecular weight is 944 g/mol. The van der Waals surface area contributed by atoms with Crippen LogP contribution in [0.2, 0.25) is 0 Å². The van der Waals surface area contributed by atoms with Gasteiger partial charge in [-0.2, -0.15) is 0 Å². The van der Waals surface area contributed by atoms with Crippen molar-refractivity contribution in [1.82, 2.24) is 4.90 Å². The van der Waals surface area contributed by atoms with Crippen molar-refractivity contribution in [1.29, 1.82) is 0 Å². The van der Waals surface area contributed by atoms with Gasteiger partial charge in [-0.25, -0.2) is 4.79 Å². The van der Waals surface area contributed by atoms with Crippen molar-refractivity contribution >= 4 is 24.1 Å². The van der Waals surface area contributed by atoms with Crippen molar-refractivity contribution in [3.63, 3.8) is 0 Å². The van der Waals surface area contributed by atoms with Crippen LogP contribution in [0, 0.1) is 0 Å². The van der Waals surface area contributed by atoms with Crippen molar-refractivity contribution in [3.8, 4) is 0 Å². The SMILES string of the molecule is CCCCC/C=C\C/C=C\CCCCCCCC(=O)OCC(COC(=O)CCCCCCC/C=C\C/C=C\CCCCC)OC(=O)CCC(CCCCCCCC)OC(=O)OCCCN(C)C. The largest absolute Gasteiger partial charge is 0.508 e. The molecule has 1 atom stereocenters. The number of esters is 3. The van der Waals surface area contributed by atoms with Gasteiger partial charge in [-0.3, -0.25) is 14.4 Å². The summed E-state index contributed by atoms with van der Waals surface area (Å²) in [6.07, 6.45) is 48.7. The minimum absolute atomic E-state index is 0.00919. The van der Waals surface area contributed by atoms with Crippen molar-refractivity contribution in [2.45, 2.75) is 251 Å². The number of ether oxygens (including phenoxy) is 5. The van der Waals surface area contributed by atoms with Crippen molar-refractivity contribution in [2.75, 3.05) is 40.5 Å². The van der Waals surface area contributed by atoms with Crippen LogP contribution < -0.4 is 0 Å². The summed E-state index contributed by atoms with van der Waals surface area (Å²) in [5.74, 6) is -1.25. The first-order chi connectivity index (χ1) is 32.7. The van der Waals surface area contributed by atoms with Gasteiger partial charge < -0.3 is 28.6 Å². The Bertz CT molecular complexity index is 1210. The van der Waals surface area contributed by atoms with Crippen LogP contribution in [-0.4, -0.2) is 81.6 Å². The van der Waals surface area contributed by atoms with Gasteiger partial charge in [-0.05, 0) is 117 Å². The molecule has 0 fully saturated rings. The monoisotopic (exact) mass is 944 g/mol. The number of unbranched alkanes of at least 4 members (excludes halogenated alkanes) is 21. The molecule has 0 spiro atoms. The fraction of sp³-hybridized carbons (Fsp3) is 0.789. The summed E-state index contributed by atoms with van der Waals surface area (Å²) < 4.78 is 27.9. The van der Waals surface area contributed by atoms with E-state index in [1.807, 2.05) is 19.0 Å². The molecule has 0 amide bonds. The zero-order valence-electron chi connectivity index (χ0n) is 43.8. The van der Waals surface area contributed by atoms with Gasteiger partial charge in [0, 0.05) is 25.8 Å². The van der Waals surface area contributed by atoms with Crippen LogP contribution in [0.15, 0.2) is 48.6 Å². The van der Waals surface area contributed by atoms with Gasteiger partial charge in [-0.15, -0.1) is 0 Å². The predicted octanol–water partition coefficient (Wildman–Crippen LogP) is 15.6. The summed E-state index contributed by atoms with van der Waals surface area (Å²) in [5.41, 5.74) is 0. The Morgan fingerprint density at radius 2 is 0.821 bits per heavy atom. The predicted molar refractivity (Wildman–Crippen MR) is 277 cm³/mol. The second-order valence-corrected chi connectivity index (χ2v) is 18.5. The molecule has 0 radical (unpaired) electrons. The van der Waals surface area contributed by atoms with E-state index in [2.05, 4.69) is 69.4 Å². The molecule has 10 nitrogen and oxygen atoms in total. The topological polar surface area (TPSA) is 118 Å². The molecule has 0 aromatic rings. The molecule has 0 aromatic carbocycles. The molecule has 67 heavy (non-hydrogen) atoms. The average Bonchev–Trinajstić information content (AvgIpc) is 3.31. The normalized spacial score (nSPS) is 12.3. The number of hydrogen-bond donors (Lipinski definition) is 0. The zero-order valence-corrected chi connectivity index (χ0v) is 43.8. The Kier molecular flexibility index (Phi) is 47.9. The summed E-state index contributed by atoms with van der Waals surface area (Å²) >= 11 is 0. The standard InChI is InChI=1S/C57H101NO9/c1-6-9-12-15-18-20-22-24-26-28-30-32-34-37-40-44-54(59)64-50-53(51-65-55(60)45-41-38-35-33-31-29-27-25-23-21-19-16-13-10-7-2)66-56(61)47-46-52(43-39-36-17-14-11-8-3)67-57(62)63-49-42-48-58(4)5/h18-21,24-27,52-53H,6-17,22-23,28-51H2,1-5H3/b20-18-,21-19-,26-24-,27-25-. The maximum atomic E-state index is 13.2. The molecule has 0 aliphatic rings. The number of carbonyl (C=O) groups excluding carboxylic acids is 4. The highest BCUT2D eigenvalue weighted by molar-refractivity contribution is 5.71. The van der Waals surface area contributed by atoms with Crippen LogP contribution in [0.25, 0.3) is 0 Å². The summed E-state index contributed by atoms with van der Waals surface area (Å²) in [6, 6.07) is 0. The molecule has 0 N–H and O–H groups in total. The number of nitrogens with zero attached hydrogens (tertiary/aromatic N) is 1. The van der Waals surface area contributed by atoms with E-state index in [4.69, 9.17) is 23.7 Å². The lowest BCUT2D eigenvalue weighted by Gasteiger charge is -2.20. The molecule has 10 heteroatoms. The van der Waals surface area contributed by atoms with Gasteiger partial charge in [0.1, 0.15) is 19.3 Å². The molecule has 0 aromatic heterocycles. The lowest BCUT2D eigenvalue weighted by molar-refractivity contribution is -0.167. The van der Waals surface area contributed by atoms with E-state index in [0.29, 0.717) is 12.8 Å². The summed E-state index contributed by atoms with van der Waals surface area (Å²) in [5, 5.41) is 0. The van der Waals surface area contributed by atoms with Crippen LogP contribution in [-0.2, 0) is 38.1 Å². The second kappa shape index (κ2) is 50.5. The van der Waals surface area contributed by atoms with Gasteiger partial charge in [-0.1, -0.05) is 166 Å². The van der Waals surface area contributed by atoms with Gasteiger partial charge in [0.25, 0.3) is 0 Å². The fourth-order valence-corrected chi connectivity index (χ4v) is 7.44. The second-order valence-electron chi connectivity index (χ2n) is 18.5. The van der Waals surface area contributed by atoms with Gasteiger partial charge in [0.15, 0.2) is 6.10 Å². The van der Waals surface area contributed by atoms with E-state index in [-0.39, 0.29) is 57.4 Å². The van der Waals surface area contributed by atoms with Crippen molar-refractivity contribution < 1.29 is 42.9 Å². The van der Waals surface area contributed by atoms with Gasteiger partial charge >= 0.3 is 24.1 Å². The Morgan fingerprint density at radius 3 is 1.30 bits per heavy atom. The third-order valence-electron chi connectivity index (χ3n) is 11.6. The zero-order chi connectivity index (χ0) is 49.1. The van der Waals surface area contributed by atoms with Crippen molar-refractivity contribution in [2.24, 2.45) is 0 Å². The molecule has 0 aliphatic carbocycles. The minimum atomic E-state index is -0.936. The van der Waals surface area contributed by atoms with Crippen LogP contribution in [0.3, 0.4) is 0 Å². The molecule has 0 rings (SSSR count). The number of hydrogen-bond acceptors (Lipinski definition) is 10. The van der Waals surface area contributed by atoms with E-state index in [9.17, 15) is 19.2 Å². The van der Waals surface area contributed by atoms with E-state index < -0.39 is 24.3 Å². The molecule has 0 saturated carbocycles. The summed E-state index contributed by atoms with van der Waals surface area (Å²) in [6.45, 7) is 7.30. The fourth-order valence-electron chi connectivity index (χ4n) is 7.44. The van der Waals surface area contributed by atoms with Crippen LogP contribution in [0.1, 0.15) is 239 Å². The molecule has 0 saturated heterocycles. The van der Waals surface area contributed by atoms with E-state index >= 15 is 0 Å². The Morgan fingerprint density at radius 1 is 0.403 bits per heavy atom. The van der Waals surface area contributed by atoms with E-state index in [1.165, 1.54) is 70.6 Å². The highest BCUT2D eigenvalue weighted by atomic mass is 16.7. The first kappa shape index (κ1) is 63.6. The third kappa shape index (κ3) is 48.9. The maximum Gasteiger partial charge on any atom is 0.508 e. The Balaban J connectivity index is 4.98. The Hall–Kier alpha value is -3.40. The van der Waals surface area contributed by atoms with Gasteiger partial charge in [0.05, 0.1) is 6.61 Å². The van der Waals surface area contributed by atoms with Crippen LogP contribution >= 0.6 is 0 Å². The molecule has 388 valence electrons. The highest BCUT2D eigenvalue weighted by Gasteiger charge is 2.22. The maximum absolute atomic E-state index is 13.2. The third-order valence-corrected chi connectivity index (χ3v) is 11.6. The van der Waals surface area contributed by atoms with E-state index in [1.54, 1.807) is 0 Å². The first-order valence-electron chi connectivity index (χ1n) is 27.3. The Labute approximate surface area is 410 Å². The molecule has 0 bridgehead atoms. The molecule has 0 heterocycles. The number of rotatable bonds is 48. The van der Waals surface area contributed by atoms with Crippen molar-refractivity contribution in [3.05, 3.63) is 48.6 Å². The minimum Gasteiger partial charge on any atom is -0.462 e. The highest BCUT2D eigenvalue weighted by Crippen LogP contribution is 2.17. The molecule has 0 aliphatic heterocycles. The smallest absolute Gasteiger partial charge is 0.462 e. The van der Waals surface area contributed by atoms with Gasteiger partial charge in [0.2, 0.25) is 0 Å². The first-order valence-corrected chi connectivity index (χ1v) is 27.3. The summed E-state index contributed by atoms with van der Waals surface area (Å²) in [7, 11) is 3.93. The summed E-state index contributed by atoms with van der Waals surface area (Å²) in [4.78, 5) is 53.3. The van der Waals surface area contributed by atoms with Crippen LogP contribution in [0.4, 0.5) is 4.79 Å². The number of carbonyl (C=O) groups is 4. The van der Waals surface area contributed by atoms with E-state index in [0.717, 1.165) is 116 Å². The molecular weight excluding hydrogens is 843 g/mol. The molecule has 1 unspecified atom stereocenters. The van der Waals surface area contributed by atoms with Crippen LogP contribution in [0.5, 0.6) is 0 Å². The lowest BCUT2D eigenvalue weighted by Crippen LogP contribution is -2.31. The lowest BCUT2D eigenvalue weighted by atomic mass is 10.0. The quantitative estimate of drug-likeness (QED) is 0.0252. The number of allylic oxidation sites excluding steroid dienone is 8. The molecular formula is C57H101NO9.